The Morgan fingerprint density at radius 3 is 2.35 bits per heavy atom. The molecule has 0 amide bonds. The summed E-state index contributed by atoms with van der Waals surface area (Å²) < 4.78 is 0. The Balaban J connectivity index is 2.12. The lowest BCUT2D eigenvalue weighted by molar-refractivity contribution is 0.691. The highest BCUT2D eigenvalue weighted by Gasteiger charge is 2.30. The first-order valence-corrected chi connectivity index (χ1v) is 7.33. The summed E-state index contributed by atoms with van der Waals surface area (Å²) in [5.74, 6) is 0. The highest BCUT2D eigenvalue weighted by atomic mass is 32.1. The van der Waals surface area contributed by atoms with Gasteiger partial charge in [0.25, 0.3) is 0 Å². The van der Waals surface area contributed by atoms with Crippen LogP contribution in [0, 0.1) is 0 Å². The Hall–Kier alpha value is -1.87. The van der Waals surface area contributed by atoms with Crippen molar-refractivity contribution in [3.63, 3.8) is 0 Å². The first-order valence-electron chi connectivity index (χ1n) is 6.92. The van der Waals surface area contributed by atoms with Gasteiger partial charge in [-0.3, -0.25) is 0 Å². The molecule has 0 spiro atoms. The van der Waals surface area contributed by atoms with Crippen molar-refractivity contribution in [1.29, 1.82) is 0 Å². The summed E-state index contributed by atoms with van der Waals surface area (Å²) in [7, 11) is 0. The third-order valence-corrected chi connectivity index (χ3v) is 3.96. The summed E-state index contributed by atoms with van der Waals surface area (Å²) in [5, 5.41) is 4.28. The highest BCUT2D eigenvalue weighted by molar-refractivity contribution is 7.80. The van der Waals surface area contributed by atoms with Crippen molar-refractivity contribution in [3.05, 3.63) is 65.7 Å². The van der Waals surface area contributed by atoms with Gasteiger partial charge in [0.15, 0.2) is 5.11 Å². The van der Waals surface area contributed by atoms with E-state index in [9.17, 15) is 0 Å². The van der Waals surface area contributed by atoms with Gasteiger partial charge in [0, 0.05) is 17.3 Å². The van der Waals surface area contributed by atoms with Gasteiger partial charge in [-0.2, -0.15) is 0 Å². The zero-order chi connectivity index (χ0) is 14.1. The topological polar surface area (TPSA) is 15.3 Å². The number of para-hydroxylation sites is 1. The number of nitrogens with one attached hydrogen (secondary N) is 1. The molecule has 1 heterocycles. The molecule has 0 radical (unpaired) electrons. The van der Waals surface area contributed by atoms with Crippen LogP contribution in [0.5, 0.6) is 0 Å². The minimum Gasteiger partial charge on any atom is -0.351 e. The van der Waals surface area contributed by atoms with Crippen molar-refractivity contribution in [1.82, 2.24) is 5.32 Å². The van der Waals surface area contributed by atoms with E-state index in [1.807, 2.05) is 6.07 Å². The second kappa shape index (κ2) is 5.25. The molecule has 2 aromatic rings. The van der Waals surface area contributed by atoms with E-state index in [-0.39, 0.29) is 6.04 Å². The van der Waals surface area contributed by atoms with Crippen LogP contribution in [0.1, 0.15) is 31.0 Å². The average molecular weight is 282 g/mol. The van der Waals surface area contributed by atoms with Gasteiger partial charge in [-0.1, -0.05) is 48.5 Å². The number of anilines is 1. The molecule has 1 N–H and O–H groups in total. The molecule has 1 aliphatic heterocycles. The van der Waals surface area contributed by atoms with Crippen LogP contribution < -0.4 is 10.2 Å². The molecule has 20 heavy (non-hydrogen) atoms. The second-order valence-electron chi connectivity index (χ2n) is 5.32. The predicted octanol–water partition coefficient (Wildman–Crippen LogP) is 3.88. The summed E-state index contributed by atoms with van der Waals surface area (Å²) in [4.78, 5) is 2.18. The SMILES string of the molecule is CC(C)N1C(=S)NC(c2ccccc2)c2ccccc21. The number of nitrogens with zero attached hydrogens (tertiary/aromatic N) is 1. The number of fused-ring (bicyclic) bond motifs is 1. The zero-order valence-corrected chi connectivity index (χ0v) is 12.5. The predicted molar refractivity (Wildman–Crippen MR) is 88.1 cm³/mol. The Morgan fingerprint density at radius 2 is 1.65 bits per heavy atom. The van der Waals surface area contributed by atoms with Crippen LogP contribution in [-0.4, -0.2) is 11.2 Å². The number of hydrogen-bond donors (Lipinski definition) is 1. The lowest BCUT2D eigenvalue weighted by Crippen LogP contribution is -2.49. The number of hydrogen-bond acceptors (Lipinski definition) is 1. The molecule has 1 aliphatic rings. The number of rotatable bonds is 2. The van der Waals surface area contributed by atoms with E-state index >= 15 is 0 Å². The van der Waals surface area contributed by atoms with Gasteiger partial charge in [-0.05, 0) is 37.7 Å². The molecule has 0 fully saturated rings. The largest absolute Gasteiger partial charge is 0.351 e. The van der Waals surface area contributed by atoms with E-state index in [1.165, 1.54) is 16.8 Å². The normalized spacial score (nSPS) is 17.9. The van der Waals surface area contributed by atoms with E-state index in [4.69, 9.17) is 12.2 Å². The molecule has 102 valence electrons. The quantitative estimate of drug-likeness (QED) is 0.842. The first kappa shape index (κ1) is 13.1. The van der Waals surface area contributed by atoms with Crippen molar-refractivity contribution in [2.24, 2.45) is 0 Å². The monoisotopic (exact) mass is 282 g/mol. The molecular formula is C17H18N2S. The van der Waals surface area contributed by atoms with Gasteiger partial charge in [0.1, 0.15) is 0 Å². The molecule has 1 unspecified atom stereocenters. The molecule has 2 aromatic carbocycles. The van der Waals surface area contributed by atoms with Crippen LogP contribution >= 0.6 is 12.2 Å². The fourth-order valence-electron chi connectivity index (χ4n) is 2.75. The zero-order valence-electron chi connectivity index (χ0n) is 11.7. The highest BCUT2D eigenvalue weighted by Crippen LogP contribution is 2.35. The van der Waals surface area contributed by atoms with Crippen molar-refractivity contribution in [2.75, 3.05) is 4.90 Å². The molecule has 1 atom stereocenters. The van der Waals surface area contributed by atoms with E-state index in [0.717, 1.165) is 5.11 Å². The second-order valence-corrected chi connectivity index (χ2v) is 5.70. The van der Waals surface area contributed by atoms with Crippen LogP contribution in [0.3, 0.4) is 0 Å². The van der Waals surface area contributed by atoms with E-state index in [2.05, 4.69) is 72.6 Å². The fourth-order valence-corrected chi connectivity index (χ4v) is 3.18. The third kappa shape index (κ3) is 2.18. The van der Waals surface area contributed by atoms with Gasteiger partial charge in [-0.25, -0.2) is 0 Å². The third-order valence-electron chi connectivity index (χ3n) is 3.64. The fraction of sp³-hybridized carbons (Fsp3) is 0.235. The van der Waals surface area contributed by atoms with Gasteiger partial charge < -0.3 is 10.2 Å². The molecule has 0 aromatic heterocycles. The van der Waals surface area contributed by atoms with Crippen molar-refractivity contribution < 1.29 is 0 Å². The van der Waals surface area contributed by atoms with Gasteiger partial charge in [-0.15, -0.1) is 0 Å². The molecule has 2 nitrogen and oxygen atoms in total. The van der Waals surface area contributed by atoms with Crippen LogP contribution in [0.2, 0.25) is 0 Å². The van der Waals surface area contributed by atoms with Crippen LogP contribution in [0.4, 0.5) is 5.69 Å². The van der Waals surface area contributed by atoms with Crippen LogP contribution in [0.15, 0.2) is 54.6 Å². The van der Waals surface area contributed by atoms with Gasteiger partial charge in [0.2, 0.25) is 0 Å². The summed E-state index contributed by atoms with van der Waals surface area (Å²) in [6.07, 6.45) is 0. The van der Waals surface area contributed by atoms with E-state index < -0.39 is 0 Å². The summed E-state index contributed by atoms with van der Waals surface area (Å²) in [6, 6.07) is 19.4. The van der Waals surface area contributed by atoms with Crippen molar-refractivity contribution in [3.8, 4) is 0 Å². The van der Waals surface area contributed by atoms with Crippen LogP contribution in [-0.2, 0) is 0 Å². The first-order chi connectivity index (χ1) is 9.68. The Kier molecular flexibility index (Phi) is 3.45. The number of thiocarbonyl (C=S) groups is 1. The molecule has 3 rings (SSSR count). The Bertz CT molecular complexity index is 622. The maximum atomic E-state index is 5.57. The summed E-state index contributed by atoms with van der Waals surface area (Å²) in [5.41, 5.74) is 3.73. The maximum Gasteiger partial charge on any atom is 0.174 e. The minimum absolute atomic E-state index is 0.134. The number of benzene rings is 2. The average Bonchev–Trinajstić information content (AvgIpc) is 2.47. The van der Waals surface area contributed by atoms with E-state index in [1.54, 1.807) is 0 Å². The maximum absolute atomic E-state index is 5.57. The smallest absolute Gasteiger partial charge is 0.174 e. The van der Waals surface area contributed by atoms with Crippen molar-refractivity contribution >= 4 is 23.0 Å². The molecular weight excluding hydrogens is 264 g/mol. The minimum atomic E-state index is 0.134. The van der Waals surface area contributed by atoms with Crippen LogP contribution in [0.25, 0.3) is 0 Å². The summed E-state index contributed by atoms with van der Waals surface area (Å²) in [6.45, 7) is 4.32. The molecule has 0 bridgehead atoms. The Labute approximate surface area is 125 Å². The van der Waals surface area contributed by atoms with Gasteiger partial charge >= 0.3 is 0 Å². The standard InChI is InChI=1S/C17H18N2S/c1-12(2)19-15-11-7-6-10-14(15)16(18-17(19)20)13-8-4-3-5-9-13/h3-12,16H,1-2H3,(H,18,20). The molecule has 0 saturated carbocycles. The summed E-state index contributed by atoms with van der Waals surface area (Å²) >= 11 is 5.57. The van der Waals surface area contributed by atoms with E-state index in [0.29, 0.717) is 6.04 Å². The van der Waals surface area contributed by atoms with Crippen molar-refractivity contribution in [2.45, 2.75) is 25.9 Å². The lowest BCUT2D eigenvalue weighted by atomic mass is 9.94. The Morgan fingerprint density at radius 1 is 1.00 bits per heavy atom. The molecule has 0 aliphatic carbocycles. The molecule has 3 heteroatoms. The lowest BCUT2D eigenvalue weighted by Gasteiger charge is -2.39. The van der Waals surface area contributed by atoms with Gasteiger partial charge in [0.05, 0.1) is 6.04 Å². The molecule has 0 saturated heterocycles.